The van der Waals surface area contributed by atoms with Crippen LogP contribution in [0.4, 0.5) is 5.69 Å². The maximum Gasteiger partial charge on any atom is 0.0449 e. The number of hydrogen-bond donors (Lipinski definition) is 3. The van der Waals surface area contributed by atoms with Gasteiger partial charge in [-0.1, -0.05) is 6.07 Å². The van der Waals surface area contributed by atoms with Gasteiger partial charge < -0.3 is 16.4 Å². The predicted molar refractivity (Wildman–Crippen MR) is 75.6 cm³/mol. The van der Waals surface area contributed by atoms with E-state index in [1.54, 1.807) is 0 Å². The monoisotopic (exact) mass is 251 g/mol. The van der Waals surface area contributed by atoms with E-state index in [1.165, 1.54) is 18.4 Å². The second kappa shape index (κ2) is 5.76. The Morgan fingerprint density at radius 1 is 1.29 bits per heavy atom. The van der Waals surface area contributed by atoms with E-state index < -0.39 is 0 Å². The lowest BCUT2D eigenvalue weighted by molar-refractivity contribution is 0.217. The number of benzene rings is 1. The fourth-order valence-electron chi connectivity index (χ4n) is 2.49. The van der Waals surface area contributed by atoms with E-state index in [-0.39, 0.29) is 0 Å². The summed E-state index contributed by atoms with van der Waals surface area (Å²) in [6.07, 6.45) is 2.41. The second-order valence-corrected chi connectivity index (χ2v) is 5.20. The van der Waals surface area contributed by atoms with Gasteiger partial charge in [0.25, 0.3) is 0 Å². The van der Waals surface area contributed by atoms with Crippen LogP contribution in [0.3, 0.4) is 0 Å². The van der Waals surface area contributed by atoms with Gasteiger partial charge in [0.1, 0.15) is 0 Å². The molecule has 3 nitrogen and oxygen atoms in total. The molecule has 0 bridgehead atoms. The molecular weight excluding hydrogens is 230 g/mol. The number of nitrogens with zero attached hydrogens (tertiary/aromatic N) is 1. The minimum Gasteiger partial charge on any atom is -0.398 e. The normalized spacial score (nSPS) is 18.5. The highest BCUT2D eigenvalue weighted by Gasteiger charge is 2.20. The Morgan fingerprint density at radius 2 is 2.00 bits per heavy atom. The third kappa shape index (κ3) is 3.15. The van der Waals surface area contributed by atoms with Crippen LogP contribution in [-0.4, -0.2) is 31.1 Å². The SMILES string of the molecule is NCCN1CCC(c2ccc(N)c(S)c2)CC1. The average Bonchev–Trinajstić information content (AvgIpc) is 2.34. The molecule has 2 rings (SSSR count). The highest BCUT2D eigenvalue weighted by molar-refractivity contribution is 7.80. The molecule has 0 spiro atoms. The number of nitrogen functional groups attached to an aromatic ring is 1. The van der Waals surface area contributed by atoms with Crippen LogP contribution < -0.4 is 11.5 Å². The Labute approximate surface area is 109 Å². The quantitative estimate of drug-likeness (QED) is 0.566. The molecule has 1 heterocycles. The van der Waals surface area contributed by atoms with Crippen LogP contribution in [-0.2, 0) is 0 Å². The molecular formula is C13H21N3S. The van der Waals surface area contributed by atoms with E-state index >= 15 is 0 Å². The number of likely N-dealkylation sites (tertiary alicyclic amines) is 1. The molecule has 1 aromatic carbocycles. The van der Waals surface area contributed by atoms with Crippen molar-refractivity contribution < 1.29 is 0 Å². The lowest BCUT2D eigenvalue weighted by Gasteiger charge is -2.32. The maximum atomic E-state index is 5.78. The number of piperidine rings is 1. The van der Waals surface area contributed by atoms with E-state index in [0.717, 1.165) is 36.8 Å². The van der Waals surface area contributed by atoms with E-state index in [4.69, 9.17) is 11.5 Å². The van der Waals surface area contributed by atoms with E-state index in [0.29, 0.717) is 5.92 Å². The fourth-order valence-corrected chi connectivity index (χ4v) is 2.71. The largest absolute Gasteiger partial charge is 0.398 e. The van der Waals surface area contributed by atoms with Crippen molar-refractivity contribution in [3.05, 3.63) is 23.8 Å². The summed E-state index contributed by atoms with van der Waals surface area (Å²) >= 11 is 4.39. The zero-order valence-corrected chi connectivity index (χ0v) is 11.0. The minimum atomic E-state index is 0.649. The van der Waals surface area contributed by atoms with Gasteiger partial charge in [-0.05, 0) is 49.5 Å². The molecule has 94 valence electrons. The third-order valence-electron chi connectivity index (χ3n) is 3.56. The molecule has 1 aromatic rings. The zero-order chi connectivity index (χ0) is 12.3. The third-order valence-corrected chi connectivity index (χ3v) is 3.95. The summed E-state index contributed by atoms with van der Waals surface area (Å²) in [5.74, 6) is 0.649. The number of rotatable bonds is 3. The molecule has 1 aliphatic rings. The van der Waals surface area contributed by atoms with Crippen LogP contribution in [0.25, 0.3) is 0 Å². The van der Waals surface area contributed by atoms with Crippen molar-refractivity contribution in [2.24, 2.45) is 5.73 Å². The Kier molecular flexibility index (Phi) is 4.31. The molecule has 1 fully saturated rings. The molecule has 0 radical (unpaired) electrons. The van der Waals surface area contributed by atoms with Crippen molar-refractivity contribution in [1.82, 2.24) is 4.90 Å². The van der Waals surface area contributed by atoms with Crippen molar-refractivity contribution in [2.45, 2.75) is 23.7 Å². The van der Waals surface area contributed by atoms with Crippen molar-refractivity contribution in [2.75, 3.05) is 31.9 Å². The van der Waals surface area contributed by atoms with E-state index in [2.05, 4.69) is 29.7 Å². The molecule has 0 saturated carbocycles. The zero-order valence-electron chi connectivity index (χ0n) is 10.1. The number of hydrogen-bond acceptors (Lipinski definition) is 4. The summed E-state index contributed by atoms with van der Waals surface area (Å²) in [7, 11) is 0. The van der Waals surface area contributed by atoms with Gasteiger partial charge in [0.15, 0.2) is 0 Å². The number of anilines is 1. The van der Waals surface area contributed by atoms with Crippen LogP contribution in [0, 0.1) is 0 Å². The molecule has 4 N–H and O–H groups in total. The average molecular weight is 251 g/mol. The Morgan fingerprint density at radius 3 is 2.59 bits per heavy atom. The smallest absolute Gasteiger partial charge is 0.0449 e. The summed E-state index contributed by atoms with van der Waals surface area (Å²) in [6, 6.07) is 6.21. The topological polar surface area (TPSA) is 55.3 Å². The van der Waals surface area contributed by atoms with Crippen molar-refractivity contribution in [1.29, 1.82) is 0 Å². The fraction of sp³-hybridized carbons (Fsp3) is 0.538. The number of thiol groups is 1. The van der Waals surface area contributed by atoms with Crippen molar-refractivity contribution in [3.8, 4) is 0 Å². The Balaban J connectivity index is 1.98. The predicted octanol–water partition coefficient (Wildman–Crippen LogP) is 1.70. The first-order valence-electron chi connectivity index (χ1n) is 6.21. The Hall–Kier alpha value is -0.710. The van der Waals surface area contributed by atoms with Crippen LogP contribution in [0.1, 0.15) is 24.3 Å². The van der Waals surface area contributed by atoms with Gasteiger partial charge in [0.2, 0.25) is 0 Å². The van der Waals surface area contributed by atoms with Gasteiger partial charge in [-0.15, -0.1) is 12.6 Å². The summed E-state index contributed by atoms with van der Waals surface area (Å²) in [5, 5.41) is 0. The van der Waals surface area contributed by atoms with Gasteiger partial charge in [0.05, 0.1) is 0 Å². The first-order valence-corrected chi connectivity index (χ1v) is 6.66. The molecule has 17 heavy (non-hydrogen) atoms. The highest BCUT2D eigenvalue weighted by Crippen LogP contribution is 2.30. The lowest BCUT2D eigenvalue weighted by atomic mass is 9.89. The van der Waals surface area contributed by atoms with E-state index in [9.17, 15) is 0 Å². The lowest BCUT2D eigenvalue weighted by Crippen LogP contribution is -2.36. The minimum absolute atomic E-state index is 0.649. The molecule has 1 aliphatic heterocycles. The van der Waals surface area contributed by atoms with Crippen molar-refractivity contribution in [3.63, 3.8) is 0 Å². The highest BCUT2D eigenvalue weighted by atomic mass is 32.1. The second-order valence-electron chi connectivity index (χ2n) is 4.72. The van der Waals surface area contributed by atoms with Gasteiger partial charge in [-0.25, -0.2) is 0 Å². The van der Waals surface area contributed by atoms with Crippen molar-refractivity contribution >= 4 is 18.3 Å². The molecule has 0 aromatic heterocycles. The summed E-state index contributed by atoms with van der Waals surface area (Å²) in [6.45, 7) is 4.07. The van der Waals surface area contributed by atoms with Gasteiger partial charge >= 0.3 is 0 Å². The van der Waals surface area contributed by atoms with Gasteiger partial charge in [-0.3, -0.25) is 0 Å². The van der Waals surface area contributed by atoms with Gasteiger partial charge in [0, 0.05) is 23.7 Å². The summed E-state index contributed by atoms with van der Waals surface area (Å²) in [5.41, 5.74) is 13.5. The standard InChI is InChI=1S/C13H21N3S/c14-5-8-16-6-3-10(4-7-16)11-1-2-12(15)13(17)9-11/h1-2,9-10,17H,3-8,14-15H2. The van der Waals surface area contributed by atoms with Crippen LogP contribution >= 0.6 is 12.6 Å². The molecule has 4 heteroatoms. The first-order chi connectivity index (χ1) is 8.20. The molecule has 0 aliphatic carbocycles. The molecule has 0 unspecified atom stereocenters. The van der Waals surface area contributed by atoms with Gasteiger partial charge in [-0.2, -0.15) is 0 Å². The molecule has 0 atom stereocenters. The van der Waals surface area contributed by atoms with Crippen LogP contribution in [0.5, 0.6) is 0 Å². The van der Waals surface area contributed by atoms with E-state index in [1.807, 2.05) is 6.07 Å². The molecule has 0 amide bonds. The maximum absolute atomic E-state index is 5.78. The van der Waals surface area contributed by atoms with Crippen LogP contribution in [0.15, 0.2) is 23.1 Å². The Bertz CT molecular complexity index is 373. The summed E-state index contributed by atoms with van der Waals surface area (Å²) in [4.78, 5) is 3.34. The summed E-state index contributed by atoms with van der Waals surface area (Å²) < 4.78 is 0. The van der Waals surface area contributed by atoms with Crippen LogP contribution in [0.2, 0.25) is 0 Å². The molecule has 1 saturated heterocycles. The first kappa shape index (κ1) is 12.7. The number of nitrogens with two attached hydrogens (primary N) is 2.